The molecule has 0 radical (unpaired) electrons. The van der Waals surface area contributed by atoms with Gasteiger partial charge in [-0.05, 0) is 12.1 Å². The number of likely N-dealkylation sites (tertiary alicyclic amines) is 1. The molecule has 102 valence electrons. The van der Waals surface area contributed by atoms with Crippen LogP contribution in [0, 0.1) is 0 Å². The highest BCUT2D eigenvalue weighted by atomic mass is 35.5. The molecule has 0 spiro atoms. The molecule has 2 amide bonds. The van der Waals surface area contributed by atoms with Gasteiger partial charge < -0.3 is 10.4 Å². The molecule has 2 N–H and O–H groups in total. The Balaban J connectivity index is 2.08. The number of aromatic hydroxyl groups is 1. The molecular formula is C12H12Cl2N2O3. The Labute approximate surface area is 120 Å². The van der Waals surface area contributed by atoms with Crippen molar-refractivity contribution in [1.29, 1.82) is 0 Å². The van der Waals surface area contributed by atoms with Crippen LogP contribution in [0.4, 0.5) is 0 Å². The number of hydrogen-bond acceptors (Lipinski definition) is 4. The average Bonchev–Trinajstić information content (AvgIpc) is 2.59. The smallest absolute Gasteiger partial charge is 0.246 e. The van der Waals surface area contributed by atoms with E-state index in [-0.39, 0.29) is 35.6 Å². The Morgan fingerprint density at radius 2 is 2.11 bits per heavy atom. The summed E-state index contributed by atoms with van der Waals surface area (Å²) < 4.78 is 0. The summed E-state index contributed by atoms with van der Waals surface area (Å²) in [5.74, 6) is -0.586. The van der Waals surface area contributed by atoms with Crippen LogP contribution >= 0.6 is 23.2 Å². The number of amides is 2. The molecule has 5 nitrogen and oxygen atoms in total. The van der Waals surface area contributed by atoms with Crippen molar-refractivity contribution in [2.24, 2.45) is 0 Å². The van der Waals surface area contributed by atoms with Crippen molar-refractivity contribution in [3.05, 3.63) is 27.7 Å². The summed E-state index contributed by atoms with van der Waals surface area (Å²) in [7, 11) is 1.44. The quantitative estimate of drug-likeness (QED) is 0.831. The number of likely N-dealkylation sites (N-methyl/N-ethyl adjacent to an activating group) is 1. The number of benzene rings is 1. The summed E-state index contributed by atoms with van der Waals surface area (Å²) in [6.45, 7) is 0.198. The minimum Gasteiger partial charge on any atom is -0.506 e. The van der Waals surface area contributed by atoms with Gasteiger partial charge in [0.1, 0.15) is 5.75 Å². The second kappa shape index (κ2) is 5.36. The molecule has 1 unspecified atom stereocenters. The number of imide groups is 1. The second-order valence-corrected chi connectivity index (χ2v) is 5.17. The number of rotatable bonds is 3. The standard InChI is InChI=1S/C12H12Cl2N2O3/c1-16-10(17)4-9(12(16)19)15-5-6-2-7(13)3-8(14)11(6)18/h2-3,9,15,18H,4-5H2,1H3. The molecule has 2 rings (SSSR count). The van der Waals surface area contributed by atoms with E-state index in [1.807, 2.05) is 0 Å². The largest absolute Gasteiger partial charge is 0.506 e. The summed E-state index contributed by atoms with van der Waals surface area (Å²) in [4.78, 5) is 24.1. The third-order valence-electron chi connectivity index (χ3n) is 3.03. The van der Waals surface area contributed by atoms with Crippen LogP contribution in [0.2, 0.25) is 10.0 Å². The predicted molar refractivity (Wildman–Crippen MR) is 71.1 cm³/mol. The third kappa shape index (κ3) is 2.83. The van der Waals surface area contributed by atoms with E-state index in [4.69, 9.17) is 23.2 Å². The molecule has 0 bridgehead atoms. The lowest BCUT2D eigenvalue weighted by Gasteiger charge is -2.12. The summed E-state index contributed by atoms with van der Waals surface area (Å²) in [6.07, 6.45) is 0.115. The zero-order chi connectivity index (χ0) is 14.2. The van der Waals surface area contributed by atoms with E-state index in [1.54, 1.807) is 6.07 Å². The van der Waals surface area contributed by atoms with Crippen molar-refractivity contribution in [3.8, 4) is 5.75 Å². The molecule has 1 heterocycles. The Bertz CT molecular complexity index is 548. The van der Waals surface area contributed by atoms with Crippen LogP contribution in [0.3, 0.4) is 0 Å². The van der Waals surface area contributed by atoms with Crippen LogP contribution in [0.15, 0.2) is 12.1 Å². The summed E-state index contributed by atoms with van der Waals surface area (Å²) in [5, 5.41) is 13.2. The number of phenols is 1. The molecular weight excluding hydrogens is 291 g/mol. The maximum Gasteiger partial charge on any atom is 0.246 e. The molecule has 1 saturated heterocycles. The Morgan fingerprint density at radius 3 is 2.68 bits per heavy atom. The molecule has 19 heavy (non-hydrogen) atoms. The molecule has 1 aliphatic heterocycles. The van der Waals surface area contributed by atoms with E-state index in [9.17, 15) is 14.7 Å². The van der Waals surface area contributed by atoms with Gasteiger partial charge >= 0.3 is 0 Å². The number of carbonyl (C=O) groups excluding carboxylic acids is 2. The number of phenolic OH excluding ortho intramolecular Hbond substituents is 1. The molecule has 0 aromatic heterocycles. The molecule has 0 aliphatic carbocycles. The van der Waals surface area contributed by atoms with Gasteiger partial charge in [0.05, 0.1) is 17.5 Å². The summed E-state index contributed by atoms with van der Waals surface area (Å²) >= 11 is 11.6. The number of nitrogens with zero attached hydrogens (tertiary/aromatic N) is 1. The normalized spacial score (nSPS) is 19.3. The van der Waals surface area contributed by atoms with Crippen molar-refractivity contribution >= 4 is 35.0 Å². The monoisotopic (exact) mass is 302 g/mol. The van der Waals surface area contributed by atoms with E-state index in [1.165, 1.54) is 13.1 Å². The number of hydrogen-bond donors (Lipinski definition) is 2. The third-order valence-corrected chi connectivity index (χ3v) is 3.53. The Morgan fingerprint density at radius 1 is 1.42 bits per heavy atom. The van der Waals surface area contributed by atoms with Crippen LogP contribution in [0.1, 0.15) is 12.0 Å². The SMILES string of the molecule is CN1C(=O)CC(NCc2cc(Cl)cc(Cl)c2O)C1=O. The Kier molecular flexibility index (Phi) is 3.99. The van der Waals surface area contributed by atoms with E-state index in [0.29, 0.717) is 10.6 Å². The van der Waals surface area contributed by atoms with Crippen molar-refractivity contribution in [2.75, 3.05) is 7.05 Å². The molecule has 0 saturated carbocycles. The van der Waals surface area contributed by atoms with Gasteiger partial charge in [0.25, 0.3) is 0 Å². The molecule has 1 aromatic carbocycles. The van der Waals surface area contributed by atoms with Gasteiger partial charge in [-0.1, -0.05) is 23.2 Å². The fraction of sp³-hybridized carbons (Fsp3) is 0.333. The fourth-order valence-corrected chi connectivity index (χ4v) is 2.44. The van der Waals surface area contributed by atoms with E-state index >= 15 is 0 Å². The first kappa shape index (κ1) is 14.1. The van der Waals surface area contributed by atoms with E-state index in [0.717, 1.165) is 4.90 Å². The molecule has 7 heteroatoms. The zero-order valence-corrected chi connectivity index (χ0v) is 11.6. The van der Waals surface area contributed by atoms with Crippen molar-refractivity contribution in [3.63, 3.8) is 0 Å². The van der Waals surface area contributed by atoms with Crippen LogP contribution in [-0.2, 0) is 16.1 Å². The van der Waals surface area contributed by atoms with E-state index < -0.39 is 6.04 Å². The van der Waals surface area contributed by atoms with Crippen molar-refractivity contribution in [1.82, 2.24) is 10.2 Å². The van der Waals surface area contributed by atoms with Crippen LogP contribution < -0.4 is 5.32 Å². The van der Waals surface area contributed by atoms with Gasteiger partial charge in [-0.3, -0.25) is 14.5 Å². The van der Waals surface area contributed by atoms with Gasteiger partial charge in [-0.25, -0.2) is 0 Å². The highest BCUT2D eigenvalue weighted by Crippen LogP contribution is 2.31. The minimum atomic E-state index is -0.574. The lowest BCUT2D eigenvalue weighted by atomic mass is 10.1. The maximum atomic E-state index is 11.7. The van der Waals surface area contributed by atoms with Gasteiger partial charge in [-0.15, -0.1) is 0 Å². The first-order chi connectivity index (χ1) is 8.90. The van der Waals surface area contributed by atoms with Crippen LogP contribution in [0.5, 0.6) is 5.75 Å². The van der Waals surface area contributed by atoms with Crippen molar-refractivity contribution in [2.45, 2.75) is 19.0 Å². The first-order valence-electron chi connectivity index (χ1n) is 5.61. The molecule has 1 aromatic rings. The zero-order valence-electron chi connectivity index (χ0n) is 10.1. The fourth-order valence-electron chi connectivity index (χ4n) is 1.90. The van der Waals surface area contributed by atoms with Gasteiger partial charge in [-0.2, -0.15) is 0 Å². The van der Waals surface area contributed by atoms with Crippen LogP contribution in [0.25, 0.3) is 0 Å². The first-order valence-corrected chi connectivity index (χ1v) is 6.36. The maximum absolute atomic E-state index is 11.7. The highest BCUT2D eigenvalue weighted by Gasteiger charge is 2.35. The number of nitrogens with one attached hydrogen (secondary N) is 1. The van der Waals surface area contributed by atoms with E-state index in [2.05, 4.69) is 5.32 Å². The van der Waals surface area contributed by atoms with Crippen molar-refractivity contribution < 1.29 is 14.7 Å². The summed E-state index contributed by atoms with van der Waals surface area (Å²) in [6, 6.07) is 2.41. The van der Waals surface area contributed by atoms with Gasteiger partial charge in [0, 0.05) is 24.2 Å². The average molecular weight is 303 g/mol. The molecule has 1 fully saturated rings. The molecule has 1 atom stereocenters. The van der Waals surface area contributed by atoms with Gasteiger partial charge in [0.15, 0.2) is 0 Å². The Hall–Kier alpha value is -1.30. The van der Waals surface area contributed by atoms with Crippen LogP contribution in [-0.4, -0.2) is 34.9 Å². The predicted octanol–water partition coefficient (Wildman–Crippen LogP) is 1.55. The molecule has 1 aliphatic rings. The lowest BCUT2D eigenvalue weighted by Crippen LogP contribution is -2.36. The number of carbonyl (C=O) groups is 2. The highest BCUT2D eigenvalue weighted by molar-refractivity contribution is 6.35. The summed E-state index contributed by atoms with van der Waals surface area (Å²) in [5.41, 5.74) is 0.479. The lowest BCUT2D eigenvalue weighted by molar-refractivity contribution is -0.137. The minimum absolute atomic E-state index is 0.0799. The number of halogens is 2. The second-order valence-electron chi connectivity index (χ2n) is 4.32. The van der Waals surface area contributed by atoms with Gasteiger partial charge in [0.2, 0.25) is 11.8 Å². The topological polar surface area (TPSA) is 69.6 Å².